The summed E-state index contributed by atoms with van der Waals surface area (Å²) in [5, 5.41) is 17.2. The number of guanidine groups is 1. The standard InChI is InChI=1S/C23H40N4O3/c1-6-24-21(26-17-23(5,28)18-27-12-15-29-16-13-27)25-11-14-30-20-9-7-19(8-10-20)22(2,3)4/h7-10,28H,6,11-18H2,1-5H3,(H2,24,25,26). The average molecular weight is 421 g/mol. The number of aliphatic imine (C=N–C) groups is 1. The molecule has 0 amide bonds. The van der Waals surface area contributed by atoms with Crippen molar-refractivity contribution in [3.05, 3.63) is 29.8 Å². The van der Waals surface area contributed by atoms with Crippen LogP contribution in [0.5, 0.6) is 5.75 Å². The molecule has 1 heterocycles. The quantitative estimate of drug-likeness (QED) is 0.322. The van der Waals surface area contributed by atoms with Crippen molar-refractivity contribution in [3.8, 4) is 5.75 Å². The van der Waals surface area contributed by atoms with Crippen LogP contribution in [-0.4, -0.2) is 80.7 Å². The minimum absolute atomic E-state index is 0.139. The highest BCUT2D eigenvalue weighted by molar-refractivity contribution is 5.79. The molecule has 1 aromatic carbocycles. The van der Waals surface area contributed by atoms with Gasteiger partial charge in [0, 0.05) is 26.2 Å². The maximum atomic E-state index is 10.7. The van der Waals surface area contributed by atoms with Crippen molar-refractivity contribution in [1.82, 2.24) is 15.5 Å². The summed E-state index contributed by atoms with van der Waals surface area (Å²) in [6.45, 7) is 16.4. The first-order valence-corrected chi connectivity index (χ1v) is 11.0. The number of nitrogens with zero attached hydrogens (tertiary/aromatic N) is 2. The first-order valence-electron chi connectivity index (χ1n) is 11.0. The Balaban J connectivity index is 1.77. The van der Waals surface area contributed by atoms with Crippen molar-refractivity contribution in [3.63, 3.8) is 0 Å². The van der Waals surface area contributed by atoms with Crippen molar-refractivity contribution in [2.45, 2.75) is 45.6 Å². The summed E-state index contributed by atoms with van der Waals surface area (Å²) in [6.07, 6.45) is 0. The lowest BCUT2D eigenvalue weighted by Gasteiger charge is -2.33. The van der Waals surface area contributed by atoms with Gasteiger partial charge in [-0.25, -0.2) is 0 Å². The number of hydrogen-bond acceptors (Lipinski definition) is 5. The molecular weight excluding hydrogens is 380 g/mol. The van der Waals surface area contributed by atoms with Gasteiger partial charge in [0.25, 0.3) is 0 Å². The zero-order chi connectivity index (χ0) is 22.0. The van der Waals surface area contributed by atoms with Crippen LogP contribution in [0.4, 0.5) is 0 Å². The number of nitrogens with one attached hydrogen (secondary N) is 2. The molecule has 7 heteroatoms. The highest BCUT2D eigenvalue weighted by atomic mass is 16.5. The van der Waals surface area contributed by atoms with Gasteiger partial charge in [-0.05, 0) is 37.0 Å². The molecule has 0 aliphatic carbocycles. The molecule has 0 saturated carbocycles. The van der Waals surface area contributed by atoms with E-state index >= 15 is 0 Å². The van der Waals surface area contributed by atoms with Crippen LogP contribution in [0, 0.1) is 0 Å². The second-order valence-corrected chi connectivity index (χ2v) is 9.13. The van der Waals surface area contributed by atoms with Gasteiger partial charge in [0.15, 0.2) is 5.96 Å². The van der Waals surface area contributed by atoms with Crippen LogP contribution in [-0.2, 0) is 10.2 Å². The van der Waals surface area contributed by atoms with Gasteiger partial charge in [0.05, 0.1) is 31.9 Å². The Kier molecular flexibility index (Phi) is 9.39. The van der Waals surface area contributed by atoms with E-state index in [1.165, 1.54) is 5.56 Å². The lowest BCUT2D eigenvalue weighted by Crippen LogP contribution is -2.48. The van der Waals surface area contributed by atoms with Gasteiger partial charge in [-0.1, -0.05) is 32.9 Å². The fraction of sp³-hybridized carbons (Fsp3) is 0.696. The summed E-state index contributed by atoms with van der Waals surface area (Å²) in [4.78, 5) is 6.79. The Morgan fingerprint density at radius 1 is 1.13 bits per heavy atom. The van der Waals surface area contributed by atoms with E-state index in [0.717, 1.165) is 38.6 Å². The minimum atomic E-state index is -0.884. The zero-order valence-electron chi connectivity index (χ0n) is 19.3. The highest BCUT2D eigenvalue weighted by Crippen LogP contribution is 2.24. The van der Waals surface area contributed by atoms with E-state index < -0.39 is 5.60 Å². The summed E-state index contributed by atoms with van der Waals surface area (Å²) >= 11 is 0. The van der Waals surface area contributed by atoms with E-state index in [4.69, 9.17) is 9.47 Å². The molecule has 0 radical (unpaired) electrons. The van der Waals surface area contributed by atoms with E-state index in [-0.39, 0.29) is 5.41 Å². The Labute approximate surface area is 181 Å². The third-order valence-electron chi connectivity index (χ3n) is 4.97. The Hall–Kier alpha value is -1.83. The van der Waals surface area contributed by atoms with Crippen molar-refractivity contribution in [2.75, 3.05) is 59.1 Å². The molecule has 3 N–H and O–H groups in total. The number of hydrogen-bond donors (Lipinski definition) is 3. The summed E-state index contributed by atoms with van der Waals surface area (Å²) in [7, 11) is 0. The molecule has 1 aliphatic heterocycles. The van der Waals surface area contributed by atoms with Crippen molar-refractivity contribution in [1.29, 1.82) is 0 Å². The lowest BCUT2D eigenvalue weighted by molar-refractivity contribution is -0.0179. The molecule has 1 aliphatic rings. The van der Waals surface area contributed by atoms with Crippen molar-refractivity contribution >= 4 is 5.96 Å². The van der Waals surface area contributed by atoms with Gasteiger partial charge in [-0.3, -0.25) is 9.89 Å². The summed E-state index contributed by atoms with van der Waals surface area (Å²) in [5.41, 5.74) is 0.546. The minimum Gasteiger partial charge on any atom is -0.492 e. The molecular formula is C23H40N4O3. The maximum Gasteiger partial charge on any atom is 0.191 e. The number of ether oxygens (including phenoxy) is 2. The van der Waals surface area contributed by atoms with Gasteiger partial charge in [0.1, 0.15) is 12.4 Å². The third kappa shape index (κ3) is 8.90. The van der Waals surface area contributed by atoms with Gasteiger partial charge in [-0.15, -0.1) is 0 Å². The Morgan fingerprint density at radius 3 is 2.40 bits per heavy atom. The molecule has 1 aromatic rings. The van der Waals surface area contributed by atoms with E-state index in [0.29, 0.717) is 32.2 Å². The number of benzene rings is 1. The van der Waals surface area contributed by atoms with Crippen LogP contribution in [0.2, 0.25) is 0 Å². The SMILES string of the molecule is CCNC(=NCC(C)(O)CN1CCOCC1)NCCOc1ccc(C(C)(C)C)cc1. The fourth-order valence-electron chi connectivity index (χ4n) is 3.27. The highest BCUT2D eigenvalue weighted by Gasteiger charge is 2.25. The molecule has 1 fully saturated rings. The molecule has 0 bridgehead atoms. The van der Waals surface area contributed by atoms with E-state index in [1.807, 2.05) is 26.0 Å². The fourth-order valence-corrected chi connectivity index (χ4v) is 3.27. The van der Waals surface area contributed by atoms with E-state index in [9.17, 15) is 5.11 Å². The third-order valence-corrected chi connectivity index (χ3v) is 4.97. The number of aliphatic hydroxyl groups is 1. The van der Waals surface area contributed by atoms with Gasteiger partial charge in [0.2, 0.25) is 0 Å². The number of morpholine rings is 1. The molecule has 7 nitrogen and oxygen atoms in total. The largest absolute Gasteiger partial charge is 0.492 e. The van der Waals surface area contributed by atoms with Crippen LogP contribution < -0.4 is 15.4 Å². The van der Waals surface area contributed by atoms with Gasteiger partial charge in [-0.2, -0.15) is 0 Å². The normalized spacial score (nSPS) is 18.0. The first kappa shape index (κ1) is 24.4. The van der Waals surface area contributed by atoms with Crippen LogP contribution in [0.3, 0.4) is 0 Å². The maximum absolute atomic E-state index is 10.7. The molecule has 1 atom stereocenters. The molecule has 1 unspecified atom stereocenters. The van der Waals surface area contributed by atoms with Gasteiger partial charge < -0.3 is 25.2 Å². The second kappa shape index (κ2) is 11.5. The summed E-state index contributed by atoms with van der Waals surface area (Å²) in [6, 6.07) is 8.26. The Bertz CT molecular complexity index is 647. The van der Waals surface area contributed by atoms with E-state index in [2.05, 4.69) is 53.4 Å². The average Bonchev–Trinajstić information content (AvgIpc) is 2.69. The van der Waals surface area contributed by atoms with Crippen molar-refractivity contribution in [2.24, 2.45) is 4.99 Å². The lowest BCUT2D eigenvalue weighted by atomic mass is 9.87. The predicted molar refractivity (Wildman–Crippen MR) is 123 cm³/mol. The molecule has 0 aromatic heterocycles. The van der Waals surface area contributed by atoms with Gasteiger partial charge >= 0.3 is 0 Å². The molecule has 30 heavy (non-hydrogen) atoms. The smallest absolute Gasteiger partial charge is 0.191 e. The Morgan fingerprint density at radius 2 is 1.80 bits per heavy atom. The van der Waals surface area contributed by atoms with Crippen molar-refractivity contribution < 1.29 is 14.6 Å². The van der Waals surface area contributed by atoms with E-state index in [1.54, 1.807) is 0 Å². The number of rotatable bonds is 9. The molecule has 0 spiro atoms. The monoisotopic (exact) mass is 420 g/mol. The zero-order valence-corrected chi connectivity index (χ0v) is 19.3. The summed E-state index contributed by atoms with van der Waals surface area (Å²) in [5.74, 6) is 1.55. The predicted octanol–water partition coefficient (Wildman–Crippen LogP) is 2.00. The molecule has 1 saturated heterocycles. The van der Waals surface area contributed by atoms with Crippen LogP contribution in [0.1, 0.15) is 40.2 Å². The second-order valence-electron chi connectivity index (χ2n) is 9.13. The summed E-state index contributed by atoms with van der Waals surface area (Å²) < 4.78 is 11.2. The van der Waals surface area contributed by atoms with Crippen LogP contribution in [0.15, 0.2) is 29.3 Å². The van der Waals surface area contributed by atoms with Crippen LogP contribution >= 0.6 is 0 Å². The topological polar surface area (TPSA) is 78.4 Å². The number of β-amino-alcohol motifs (C(OH)–C–C–N with tert-alkyl or cyclic N) is 1. The first-order chi connectivity index (χ1) is 14.2. The van der Waals surface area contributed by atoms with Crippen LogP contribution in [0.25, 0.3) is 0 Å². The molecule has 2 rings (SSSR count). The molecule has 170 valence electrons.